The van der Waals surface area contributed by atoms with Crippen molar-refractivity contribution in [2.75, 3.05) is 13.2 Å². The van der Waals surface area contributed by atoms with E-state index in [1.54, 1.807) is 0 Å². The fourth-order valence-electron chi connectivity index (χ4n) is 1.90. The molecule has 2 rings (SSSR count). The van der Waals surface area contributed by atoms with Crippen LogP contribution in [0.1, 0.15) is 38.2 Å². The summed E-state index contributed by atoms with van der Waals surface area (Å²) in [5, 5.41) is 3.45. The second-order valence-corrected chi connectivity index (χ2v) is 5.39. The minimum Gasteiger partial charge on any atom is -0.489 e. The van der Waals surface area contributed by atoms with Gasteiger partial charge in [-0.2, -0.15) is 0 Å². The zero-order chi connectivity index (χ0) is 13.0. The van der Waals surface area contributed by atoms with Crippen LogP contribution in [-0.4, -0.2) is 19.2 Å². The highest BCUT2D eigenvalue weighted by atomic mass is 16.5. The van der Waals surface area contributed by atoms with Crippen LogP contribution in [0.5, 0.6) is 5.75 Å². The lowest BCUT2D eigenvalue weighted by atomic mass is 10.0. The average Bonchev–Trinajstić information content (AvgIpc) is 3.18. The molecule has 1 aromatic carbocycles. The first-order valence-electron chi connectivity index (χ1n) is 6.78. The predicted molar refractivity (Wildman–Crippen MR) is 76.2 cm³/mol. The van der Waals surface area contributed by atoms with Crippen molar-refractivity contribution in [2.24, 2.45) is 0 Å². The van der Waals surface area contributed by atoms with Crippen LogP contribution >= 0.6 is 0 Å². The van der Waals surface area contributed by atoms with Crippen LogP contribution in [0.4, 0.5) is 0 Å². The molecule has 0 bridgehead atoms. The molecule has 0 amide bonds. The molecule has 98 valence electrons. The molecule has 2 heteroatoms. The maximum Gasteiger partial charge on any atom is 0.123 e. The zero-order valence-corrected chi connectivity index (χ0v) is 11.4. The third-order valence-corrected chi connectivity index (χ3v) is 3.19. The maximum atomic E-state index is 5.87. The lowest BCUT2D eigenvalue weighted by Gasteiger charge is -2.15. The van der Waals surface area contributed by atoms with Gasteiger partial charge in [-0.15, -0.1) is 0 Å². The second kappa shape index (κ2) is 6.05. The number of ether oxygens (including phenoxy) is 1. The molecule has 0 unspecified atom stereocenters. The highest BCUT2D eigenvalue weighted by Gasteiger charge is 2.20. The minimum absolute atomic E-state index is 0.485. The van der Waals surface area contributed by atoms with E-state index in [-0.39, 0.29) is 0 Å². The van der Waals surface area contributed by atoms with Crippen LogP contribution in [0.15, 0.2) is 36.4 Å². The van der Waals surface area contributed by atoms with Gasteiger partial charge in [-0.3, -0.25) is 0 Å². The quantitative estimate of drug-likeness (QED) is 0.742. The number of rotatable bonds is 7. The van der Waals surface area contributed by atoms with Gasteiger partial charge in [0.1, 0.15) is 12.4 Å². The molecule has 1 aliphatic rings. The van der Waals surface area contributed by atoms with Gasteiger partial charge >= 0.3 is 0 Å². The molecule has 0 spiro atoms. The standard InChI is InChI=1S/C16H23NO/c1-12(2)15-6-4-5-7-16(15)18-11-13(3)10-17-14-8-9-14/h4-7,12,14,17H,3,8-11H2,1-2H3. The first kappa shape index (κ1) is 13.2. The number of para-hydroxylation sites is 1. The van der Waals surface area contributed by atoms with Crippen LogP contribution in [0, 0.1) is 0 Å². The SMILES string of the molecule is C=C(CNC1CC1)COc1ccccc1C(C)C. The molecule has 1 saturated carbocycles. The van der Waals surface area contributed by atoms with E-state index in [0.29, 0.717) is 12.5 Å². The first-order chi connectivity index (χ1) is 8.66. The molecule has 1 aromatic rings. The number of hydrogen-bond donors (Lipinski definition) is 1. The highest BCUT2D eigenvalue weighted by molar-refractivity contribution is 5.35. The monoisotopic (exact) mass is 245 g/mol. The Hall–Kier alpha value is -1.28. The summed E-state index contributed by atoms with van der Waals surface area (Å²) in [5.74, 6) is 1.47. The lowest BCUT2D eigenvalue weighted by Crippen LogP contribution is -2.21. The van der Waals surface area contributed by atoms with Crippen molar-refractivity contribution in [3.63, 3.8) is 0 Å². The topological polar surface area (TPSA) is 21.3 Å². The number of hydrogen-bond acceptors (Lipinski definition) is 2. The van der Waals surface area contributed by atoms with Crippen molar-refractivity contribution in [3.8, 4) is 5.75 Å². The van der Waals surface area contributed by atoms with E-state index in [1.165, 1.54) is 18.4 Å². The summed E-state index contributed by atoms with van der Waals surface area (Å²) in [6.45, 7) is 9.90. The van der Waals surface area contributed by atoms with E-state index >= 15 is 0 Å². The van der Waals surface area contributed by atoms with Crippen molar-refractivity contribution in [1.82, 2.24) is 5.32 Å². The minimum atomic E-state index is 0.485. The van der Waals surface area contributed by atoms with E-state index < -0.39 is 0 Å². The molecule has 0 saturated heterocycles. The van der Waals surface area contributed by atoms with Gasteiger partial charge < -0.3 is 10.1 Å². The van der Waals surface area contributed by atoms with E-state index in [4.69, 9.17) is 4.74 Å². The third-order valence-electron chi connectivity index (χ3n) is 3.19. The van der Waals surface area contributed by atoms with Gasteiger partial charge in [-0.05, 0) is 36.0 Å². The molecule has 0 heterocycles. The maximum absolute atomic E-state index is 5.87. The predicted octanol–water partition coefficient (Wildman–Crippen LogP) is 3.50. The molecule has 18 heavy (non-hydrogen) atoms. The Morgan fingerprint density at radius 3 is 2.78 bits per heavy atom. The van der Waals surface area contributed by atoms with Crippen LogP contribution in [0.25, 0.3) is 0 Å². The third kappa shape index (κ3) is 3.88. The van der Waals surface area contributed by atoms with Gasteiger partial charge in [0.05, 0.1) is 0 Å². The van der Waals surface area contributed by atoms with Crippen LogP contribution in [-0.2, 0) is 0 Å². The first-order valence-corrected chi connectivity index (χ1v) is 6.78. The van der Waals surface area contributed by atoms with Crippen LogP contribution in [0.2, 0.25) is 0 Å². The summed E-state index contributed by atoms with van der Waals surface area (Å²) in [6.07, 6.45) is 2.62. The zero-order valence-electron chi connectivity index (χ0n) is 11.4. The summed E-state index contributed by atoms with van der Waals surface area (Å²) >= 11 is 0. The summed E-state index contributed by atoms with van der Waals surface area (Å²) in [4.78, 5) is 0. The fraction of sp³-hybridized carbons (Fsp3) is 0.500. The molecule has 0 aliphatic heterocycles. The van der Waals surface area contributed by atoms with Gasteiger partial charge in [0.15, 0.2) is 0 Å². The van der Waals surface area contributed by atoms with Crippen molar-refractivity contribution < 1.29 is 4.74 Å². The van der Waals surface area contributed by atoms with Crippen LogP contribution < -0.4 is 10.1 Å². The Morgan fingerprint density at radius 1 is 1.39 bits per heavy atom. The Bertz CT molecular complexity index is 407. The molecule has 0 aromatic heterocycles. The molecular weight excluding hydrogens is 222 g/mol. The number of nitrogens with one attached hydrogen (secondary N) is 1. The van der Waals surface area contributed by atoms with Gasteiger partial charge in [0, 0.05) is 12.6 Å². The molecule has 0 atom stereocenters. The lowest BCUT2D eigenvalue weighted by molar-refractivity contribution is 0.343. The molecular formula is C16H23NO. The van der Waals surface area contributed by atoms with Crippen molar-refractivity contribution in [1.29, 1.82) is 0 Å². The van der Waals surface area contributed by atoms with Gasteiger partial charge in [0.25, 0.3) is 0 Å². The van der Waals surface area contributed by atoms with Gasteiger partial charge in [-0.25, -0.2) is 0 Å². The highest BCUT2D eigenvalue weighted by Crippen LogP contribution is 2.26. The van der Waals surface area contributed by atoms with E-state index in [2.05, 4.69) is 37.9 Å². The van der Waals surface area contributed by atoms with E-state index in [0.717, 1.165) is 23.9 Å². The van der Waals surface area contributed by atoms with Crippen molar-refractivity contribution in [3.05, 3.63) is 42.0 Å². The number of benzene rings is 1. The normalized spacial score (nSPS) is 14.8. The summed E-state index contributed by atoms with van der Waals surface area (Å²) < 4.78 is 5.87. The molecule has 1 N–H and O–H groups in total. The summed E-state index contributed by atoms with van der Waals surface area (Å²) in [6, 6.07) is 8.98. The van der Waals surface area contributed by atoms with Gasteiger partial charge in [0.2, 0.25) is 0 Å². The average molecular weight is 245 g/mol. The van der Waals surface area contributed by atoms with Crippen molar-refractivity contribution >= 4 is 0 Å². The van der Waals surface area contributed by atoms with Gasteiger partial charge in [-0.1, -0.05) is 38.6 Å². The molecule has 1 aliphatic carbocycles. The summed E-state index contributed by atoms with van der Waals surface area (Å²) in [5.41, 5.74) is 2.38. The Kier molecular flexibility index (Phi) is 4.43. The largest absolute Gasteiger partial charge is 0.489 e. The molecule has 1 fully saturated rings. The fourth-order valence-corrected chi connectivity index (χ4v) is 1.90. The summed E-state index contributed by atoms with van der Waals surface area (Å²) in [7, 11) is 0. The Labute approximate surface area is 110 Å². The van der Waals surface area contributed by atoms with Crippen molar-refractivity contribution in [2.45, 2.75) is 38.6 Å². The Morgan fingerprint density at radius 2 is 2.11 bits per heavy atom. The smallest absolute Gasteiger partial charge is 0.123 e. The second-order valence-electron chi connectivity index (χ2n) is 5.39. The van der Waals surface area contributed by atoms with Crippen LogP contribution in [0.3, 0.4) is 0 Å². The Balaban J connectivity index is 1.82. The molecule has 0 radical (unpaired) electrons. The van der Waals surface area contributed by atoms with E-state index in [1.807, 2.05) is 12.1 Å². The molecule has 2 nitrogen and oxygen atoms in total. The van der Waals surface area contributed by atoms with E-state index in [9.17, 15) is 0 Å².